The standard InChI is InChI=1S/C13H18OS/c1-9-11(5-7-15-9)12-8-10(14)4-6-13(12,2)3/h5,7,12H,4,6,8H2,1-3H3. The van der Waals surface area contributed by atoms with Crippen molar-refractivity contribution in [3.05, 3.63) is 21.9 Å². The Labute approximate surface area is 95.5 Å². The van der Waals surface area contributed by atoms with E-state index < -0.39 is 0 Å². The Kier molecular flexibility index (Phi) is 2.72. The molecule has 0 aromatic carbocycles. The molecule has 2 heteroatoms. The molecule has 0 radical (unpaired) electrons. The van der Waals surface area contributed by atoms with Crippen LogP contribution in [0.15, 0.2) is 11.4 Å². The highest BCUT2D eigenvalue weighted by molar-refractivity contribution is 7.10. The van der Waals surface area contributed by atoms with Gasteiger partial charge in [0, 0.05) is 17.7 Å². The first-order chi connectivity index (χ1) is 7.00. The van der Waals surface area contributed by atoms with E-state index in [-0.39, 0.29) is 5.41 Å². The Hall–Kier alpha value is -0.630. The average Bonchev–Trinajstić information content (AvgIpc) is 2.56. The summed E-state index contributed by atoms with van der Waals surface area (Å²) in [4.78, 5) is 12.9. The second-order valence-electron chi connectivity index (χ2n) is 5.22. The van der Waals surface area contributed by atoms with Crippen LogP contribution < -0.4 is 0 Å². The molecule has 0 aliphatic heterocycles. The normalized spacial score (nSPS) is 25.5. The smallest absolute Gasteiger partial charge is 0.133 e. The lowest BCUT2D eigenvalue weighted by molar-refractivity contribution is -0.122. The number of carbonyl (C=O) groups excluding carboxylic acids is 1. The molecule has 1 aliphatic rings. The summed E-state index contributed by atoms with van der Waals surface area (Å²) in [6, 6.07) is 2.20. The van der Waals surface area contributed by atoms with Crippen molar-refractivity contribution in [2.24, 2.45) is 5.41 Å². The molecule has 15 heavy (non-hydrogen) atoms. The van der Waals surface area contributed by atoms with Crippen LogP contribution in [-0.4, -0.2) is 5.78 Å². The summed E-state index contributed by atoms with van der Waals surface area (Å²) in [5.74, 6) is 0.870. The number of hydrogen-bond donors (Lipinski definition) is 0. The second-order valence-corrected chi connectivity index (χ2v) is 6.34. The van der Waals surface area contributed by atoms with Gasteiger partial charge in [-0.1, -0.05) is 13.8 Å². The first-order valence-corrected chi connectivity index (χ1v) is 6.44. The van der Waals surface area contributed by atoms with Gasteiger partial charge in [0.25, 0.3) is 0 Å². The van der Waals surface area contributed by atoms with Gasteiger partial charge in [-0.05, 0) is 41.7 Å². The van der Waals surface area contributed by atoms with Gasteiger partial charge in [-0.3, -0.25) is 4.79 Å². The van der Waals surface area contributed by atoms with Crippen molar-refractivity contribution in [2.75, 3.05) is 0 Å². The minimum atomic E-state index is 0.278. The molecule has 1 nitrogen and oxygen atoms in total. The molecule has 1 unspecified atom stereocenters. The van der Waals surface area contributed by atoms with Crippen LogP contribution in [0.25, 0.3) is 0 Å². The zero-order chi connectivity index (χ0) is 11.1. The van der Waals surface area contributed by atoms with Crippen molar-refractivity contribution in [1.29, 1.82) is 0 Å². The number of aryl methyl sites for hydroxylation is 1. The van der Waals surface area contributed by atoms with Gasteiger partial charge >= 0.3 is 0 Å². The van der Waals surface area contributed by atoms with Crippen molar-refractivity contribution in [1.82, 2.24) is 0 Å². The van der Waals surface area contributed by atoms with Gasteiger partial charge in [-0.25, -0.2) is 0 Å². The van der Waals surface area contributed by atoms with Crippen LogP contribution in [-0.2, 0) is 4.79 Å². The summed E-state index contributed by atoms with van der Waals surface area (Å²) in [5.41, 5.74) is 1.68. The third-order valence-electron chi connectivity index (χ3n) is 3.70. The first kappa shape index (κ1) is 10.9. The van der Waals surface area contributed by atoms with Crippen LogP contribution in [0.1, 0.15) is 49.5 Å². The highest BCUT2D eigenvalue weighted by Crippen LogP contribution is 2.47. The quantitative estimate of drug-likeness (QED) is 0.704. The molecule has 1 saturated carbocycles. The number of ketones is 1. The number of thiophene rings is 1. The Morgan fingerprint density at radius 1 is 1.47 bits per heavy atom. The van der Waals surface area contributed by atoms with Crippen molar-refractivity contribution < 1.29 is 4.79 Å². The molecule has 82 valence electrons. The van der Waals surface area contributed by atoms with Gasteiger partial charge in [0.05, 0.1) is 0 Å². The van der Waals surface area contributed by atoms with Crippen LogP contribution in [0.2, 0.25) is 0 Å². The monoisotopic (exact) mass is 222 g/mol. The van der Waals surface area contributed by atoms with Crippen LogP contribution in [0, 0.1) is 12.3 Å². The lowest BCUT2D eigenvalue weighted by atomic mass is 9.66. The fourth-order valence-corrected chi connectivity index (χ4v) is 3.29. The topological polar surface area (TPSA) is 17.1 Å². The summed E-state index contributed by atoms with van der Waals surface area (Å²) in [6.45, 7) is 6.75. The Bertz CT molecular complexity index is 376. The van der Waals surface area contributed by atoms with E-state index in [0.29, 0.717) is 11.7 Å². The van der Waals surface area contributed by atoms with Gasteiger partial charge < -0.3 is 0 Å². The first-order valence-electron chi connectivity index (χ1n) is 5.56. The van der Waals surface area contributed by atoms with Gasteiger partial charge in [-0.2, -0.15) is 0 Å². The minimum Gasteiger partial charge on any atom is -0.300 e. The highest BCUT2D eigenvalue weighted by Gasteiger charge is 2.37. The van der Waals surface area contributed by atoms with E-state index in [1.165, 1.54) is 10.4 Å². The third-order valence-corrected chi connectivity index (χ3v) is 4.56. The molecule has 1 heterocycles. The van der Waals surface area contributed by atoms with Crippen molar-refractivity contribution in [2.45, 2.75) is 46.0 Å². The number of Topliss-reactive ketones (excluding diaryl/α,β-unsaturated/α-hetero) is 1. The molecule has 0 N–H and O–H groups in total. The molecular weight excluding hydrogens is 204 g/mol. The van der Waals surface area contributed by atoms with E-state index in [9.17, 15) is 4.79 Å². The van der Waals surface area contributed by atoms with Gasteiger partial charge in [0.2, 0.25) is 0 Å². The maximum absolute atomic E-state index is 11.6. The Morgan fingerprint density at radius 3 is 2.80 bits per heavy atom. The van der Waals surface area contributed by atoms with Gasteiger partial charge in [0.1, 0.15) is 5.78 Å². The molecule has 0 amide bonds. The molecule has 0 spiro atoms. The lowest BCUT2D eigenvalue weighted by Crippen LogP contribution is -2.30. The molecule has 1 aliphatic carbocycles. The summed E-state index contributed by atoms with van der Waals surface area (Å²) >= 11 is 1.79. The lowest BCUT2D eigenvalue weighted by Gasteiger charge is -2.38. The van der Waals surface area contributed by atoms with E-state index >= 15 is 0 Å². The SMILES string of the molecule is Cc1sccc1C1CC(=O)CCC1(C)C. The predicted molar refractivity (Wildman–Crippen MR) is 64.4 cm³/mol. The summed E-state index contributed by atoms with van der Waals surface area (Å²) in [6.07, 6.45) is 2.54. The number of rotatable bonds is 1. The van der Waals surface area contributed by atoms with Crippen molar-refractivity contribution in [3.8, 4) is 0 Å². The average molecular weight is 222 g/mol. The van der Waals surface area contributed by atoms with E-state index in [1.807, 2.05) is 0 Å². The summed E-state index contributed by atoms with van der Waals surface area (Å²) in [5, 5.41) is 2.14. The number of carbonyl (C=O) groups is 1. The van der Waals surface area contributed by atoms with Crippen LogP contribution in [0.3, 0.4) is 0 Å². The molecule has 2 rings (SSSR count). The molecule has 1 atom stereocenters. The second kappa shape index (κ2) is 3.75. The third kappa shape index (κ3) is 2.00. The van der Waals surface area contributed by atoms with Crippen LogP contribution >= 0.6 is 11.3 Å². The molecule has 1 aromatic heterocycles. The fourth-order valence-electron chi connectivity index (χ4n) is 2.53. The zero-order valence-electron chi connectivity index (χ0n) is 9.67. The number of hydrogen-bond acceptors (Lipinski definition) is 2. The van der Waals surface area contributed by atoms with Crippen molar-refractivity contribution in [3.63, 3.8) is 0 Å². The van der Waals surface area contributed by atoms with E-state index in [2.05, 4.69) is 32.2 Å². The largest absolute Gasteiger partial charge is 0.300 e. The maximum atomic E-state index is 11.6. The highest BCUT2D eigenvalue weighted by atomic mass is 32.1. The molecular formula is C13H18OS. The van der Waals surface area contributed by atoms with Crippen molar-refractivity contribution >= 4 is 17.1 Å². The molecule has 0 bridgehead atoms. The van der Waals surface area contributed by atoms with E-state index in [1.54, 1.807) is 11.3 Å². The Balaban J connectivity index is 2.33. The zero-order valence-corrected chi connectivity index (χ0v) is 10.5. The minimum absolute atomic E-state index is 0.278. The molecule has 1 aromatic rings. The Morgan fingerprint density at radius 2 is 2.20 bits per heavy atom. The summed E-state index contributed by atoms with van der Waals surface area (Å²) < 4.78 is 0. The van der Waals surface area contributed by atoms with Gasteiger partial charge in [-0.15, -0.1) is 11.3 Å². The van der Waals surface area contributed by atoms with E-state index in [4.69, 9.17) is 0 Å². The fraction of sp³-hybridized carbons (Fsp3) is 0.615. The van der Waals surface area contributed by atoms with Crippen LogP contribution in [0.4, 0.5) is 0 Å². The summed E-state index contributed by atoms with van der Waals surface area (Å²) in [7, 11) is 0. The van der Waals surface area contributed by atoms with Crippen LogP contribution in [0.5, 0.6) is 0 Å². The maximum Gasteiger partial charge on any atom is 0.133 e. The molecule has 0 saturated heterocycles. The van der Waals surface area contributed by atoms with E-state index in [0.717, 1.165) is 19.3 Å². The van der Waals surface area contributed by atoms with Gasteiger partial charge in [0.15, 0.2) is 0 Å². The molecule has 1 fully saturated rings. The predicted octanol–water partition coefficient (Wildman–Crippen LogP) is 3.92.